The minimum atomic E-state index is -2.97. The molecule has 0 bridgehead atoms. The van der Waals surface area contributed by atoms with Gasteiger partial charge in [-0.3, -0.25) is 0 Å². The Hall–Kier alpha value is -1.67. The first-order valence-corrected chi connectivity index (χ1v) is 7.33. The van der Waals surface area contributed by atoms with Gasteiger partial charge in [0, 0.05) is 0 Å². The number of oxazole rings is 1. The fourth-order valence-corrected chi connectivity index (χ4v) is 2.61. The molecule has 0 radical (unpaired) electrons. The predicted octanol–water partition coefficient (Wildman–Crippen LogP) is 2.60. The predicted molar refractivity (Wildman–Crippen MR) is 82.2 cm³/mol. The number of benzene rings is 1. The van der Waals surface area contributed by atoms with E-state index in [9.17, 15) is 13.6 Å². The Kier molecular flexibility index (Phi) is 3.46. The first-order valence-electron chi connectivity index (χ1n) is 7.33. The van der Waals surface area contributed by atoms with Crippen LogP contribution in [0.15, 0.2) is 21.3 Å². The number of rotatable bonds is 2. The second-order valence-electron chi connectivity index (χ2n) is 6.78. The molecule has 0 N–H and O–H groups in total. The summed E-state index contributed by atoms with van der Waals surface area (Å²) in [6.45, 7) is 6.46. The van der Waals surface area contributed by atoms with Gasteiger partial charge in [0.2, 0.25) is 0 Å². The quantitative estimate of drug-likeness (QED) is 0.797. The molecule has 1 aliphatic rings. The van der Waals surface area contributed by atoms with Gasteiger partial charge in [-0.25, -0.2) is 9.36 Å². The number of halogens is 2. The lowest BCUT2D eigenvalue weighted by Crippen LogP contribution is -2.41. The molecule has 1 saturated heterocycles. The third-order valence-electron chi connectivity index (χ3n) is 4.70. The van der Waals surface area contributed by atoms with Crippen LogP contribution in [-0.2, 0) is 9.31 Å². The van der Waals surface area contributed by atoms with Crippen LogP contribution in [0, 0.1) is 6.92 Å². The van der Waals surface area contributed by atoms with Crippen LogP contribution in [0.25, 0.3) is 11.1 Å². The van der Waals surface area contributed by atoms with E-state index in [0.29, 0.717) is 10.0 Å². The van der Waals surface area contributed by atoms with E-state index in [1.54, 1.807) is 13.0 Å². The van der Waals surface area contributed by atoms with Gasteiger partial charge in [0.15, 0.2) is 5.58 Å². The van der Waals surface area contributed by atoms with Crippen molar-refractivity contribution >= 4 is 23.7 Å². The summed E-state index contributed by atoms with van der Waals surface area (Å²) in [5.41, 5.74) is 0.404. The Morgan fingerprint density at radius 1 is 1.13 bits per heavy atom. The molecular weight excluding hydrogens is 307 g/mol. The van der Waals surface area contributed by atoms with Crippen LogP contribution in [0.4, 0.5) is 8.78 Å². The Bertz CT molecular complexity index is 809. The second kappa shape index (κ2) is 4.91. The van der Waals surface area contributed by atoms with E-state index in [4.69, 9.17) is 13.7 Å². The lowest BCUT2D eigenvalue weighted by molar-refractivity contribution is 0.00578. The van der Waals surface area contributed by atoms with Gasteiger partial charge in [0.25, 0.3) is 0 Å². The normalized spacial score (nSPS) is 19.9. The van der Waals surface area contributed by atoms with Crippen LogP contribution in [0.5, 0.6) is 0 Å². The Morgan fingerprint density at radius 2 is 1.70 bits per heavy atom. The monoisotopic (exact) mass is 325 g/mol. The molecule has 5 nitrogen and oxygen atoms in total. The van der Waals surface area contributed by atoms with Crippen LogP contribution in [0.3, 0.4) is 0 Å². The number of hydrogen-bond acceptors (Lipinski definition) is 4. The van der Waals surface area contributed by atoms with Crippen LogP contribution in [0.1, 0.15) is 39.8 Å². The largest absolute Gasteiger partial charge is 0.495 e. The summed E-state index contributed by atoms with van der Waals surface area (Å²) in [4.78, 5) is 11.6. The van der Waals surface area contributed by atoms with Gasteiger partial charge in [-0.1, -0.05) is 0 Å². The summed E-state index contributed by atoms with van der Waals surface area (Å²) in [6, 6.07) is 3.03. The van der Waals surface area contributed by atoms with Crippen LogP contribution >= 0.6 is 0 Å². The van der Waals surface area contributed by atoms with E-state index >= 15 is 0 Å². The van der Waals surface area contributed by atoms with Crippen molar-refractivity contribution in [2.75, 3.05) is 0 Å². The van der Waals surface area contributed by atoms with E-state index < -0.39 is 30.6 Å². The van der Waals surface area contributed by atoms with E-state index in [1.165, 1.54) is 6.07 Å². The van der Waals surface area contributed by atoms with Gasteiger partial charge in [0.1, 0.15) is 0 Å². The average Bonchev–Trinajstić information content (AvgIpc) is 2.81. The fraction of sp³-hybridized carbons (Fsp3) is 0.533. The minimum absolute atomic E-state index is 0.0281. The average molecular weight is 325 g/mol. The molecule has 1 fully saturated rings. The second-order valence-corrected chi connectivity index (χ2v) is 6.78. The third-order valence-corrected chi connectivity index (χ3v) is 4.70. The molecule has 0 spiro atoms. The summed E-state index contributed by atoms with van der Waals surface area (Å²) in [5, 5.41) is 0. The maximum absolute atomic E-state index is 13.1. The number of fused-ring (bicyclic) bond motifs is 1. The van der Waals surface area contributed by atoms with Gasteiger partial charge < -0.3 is 13.7 Å². The topological polar surface area (TPSA) is 53.6 Å². The molecule has 0 amide bonds. The molecular formula is C15H18BF2NO4. The smallest absolute Gasteiger partial charge is 0.408 e. The van der Waals surface area contributed by atoms with E-state index in [-0.39, 0.29) is 11.1 Å². The fourth-order valence-electron chi connectivity index (χ4n) is 2.61. The molecule has 3 rings (SSSR count). The third kappa shape index (κ3) is 2.40. The lowest BCUT2D eigenvalue weighted by atomic mass is 9.76. The molecule has 8 heteroatoms. The van der Waals surface area contributed by atoms with Crippen molar-refractivity contribution < 1.29 is 22.5 Å². The van der Waals surface area contributed by atoms with Gasteiger partial charge in [0.05, 0.1) is 16.7 Å². The summed E-state index contributed by atoms with van der Waals surface area (Å²) < 4.78 is 43.3. The van der Waals surface area contributed by atoms with Crippen molar-refractivity contribution in [1.29, 1.82) is 0 Å². The van der Waals surface area contributed by atoms with Crippen LogP contribution < -0.4 is 11.2 Å². The molecule has 0 saturated carbocycles. The maximum atomic E-state index is 13.1. The standard InChI is InChI=1S/C15H18BF2NO4/c1-8-6-11-10(19(12(17)18)13(20)21-11)7-9(8)16-22-14(2,3)15(4,5)23-16/h6-7,12H,1-5H3. The summed E-state index contributed by atoms with van der Waals surface area (Å²) in [5.74, 6) is -1.08. The number of nitrogens with zero attached hydrogens (tertiary/aromatic N) is 1. The molecule has 124 valence electrons. The number of alkyl halides is 2. The van der Waals surface area contributed by atoms with E-state index in [0.717, 1.165) is 5.56 Å². The van der Waals surface area contributed by atoms with Gasteiger partial charge in [-0.2, -0.15) is 8.78 Å². The highest BCUT2D eigenvalue weighted by molar-refractivity contribution is 6.63. The van der Waals surface area contributed by atoms with Crippen LogP contribution in [-0.4, -0.2) is 22.9 Å². The van der Waals surface area contributed by atoms with Crippen molar-refractivity contribution in [2.24, 2.45) is 0 Å². The molecule has 0 aliphatic carbocycles. The highest BCUT2D eigenvalue weighted by Crippen LogP contribution is 2.37. The molecule has 2 heterocycles. The SMILES string of the molecule is Cc1cc2oc(=O)n(C(F)F)c2cc1B1OC(C)(C)C(C)(C)O1. The molecule has 0 unspecified atom stereocenters. The van der Waals surface area contributed by atoms with E-state index in [2.05, 4.69) is 0 Å². The van der Waals surface area contributed by atoms with E-state index in [1.807, 2.05) is 27.7 Å². The molecule has 1 aromatic heterocycles. The molecule has 0 atom stereocenters. The highest BCUT2D eigenvalue weighted by Gasteiger charge is 2.52. The highest BCUT2D eigenvalue weighted by atomic mass is 19.3. The van der Waals surface area contributed by atoms with Crippen molar-refractivity contribution in [2.45, 2.75) is 52.4 Å². The number of aromatic nitrogens is 1. The Labute approximate surface area is 132 Å². The number of hydrogen-bond donors (Lipinski definition) is 0. The molecule has 1 aliphatic heterocycles. The van der Waals surface area contributed by atoms with Gasteiger partial charge >= 0.3 is 19.4 Å². The first-order chi connectivity index (χ1) is 10.5. The number of aryl methyl sites for hydroxylation is 1. The summed E-state index contributed by atoms with van der Waals surface area (Å²) in [7, 11) is -0.694. The summed E-state index contributed by atoms with van der Waals surface area (Å²) in [6.07, 6.45) is 0. The molecule has 23 heavy (non-hydrogen) atoms. The molecule has 2 aromatic rings. The van der Waals surface area contributed by atoms with Gasteiger partial charge in [-0.15, -0.1) is 0 Å². The Balaban J connectivity index is 2.14. The summed E-state index contributed by atoms with van der Waals surface area (Å²) >= 11 is 0. The minimum Gasteiger partial charge on any atom is -0.408 e. The molecule has 1 aromatic carbocycles. The first kappa shape index (κ1) is 16.2. The maximum Gasteiger partial charge on any atom is 0.495 e. The Morgan fingerprint density at radius 3 is 2.22 bits per heavy atom. The van der Waals surface area contributed by atoms with Crippen molar-refractivity contribution in [1.82, 2.24) is 4.57 Å². The lowest BCUT2D eigenvalue weighted by Gasteiger charge is -2.32. The van der Waals surface area contributed by atoms with Crippen LogP contribution in [0.2, 0.25) is 0 Å². The van der Waals surface area contributed by atoms with Gasteiger partial charge in [-0.05, 0) is 57.8 Å². The zero-order chi connectivity index (χ0) is 17.2. The van der Waals surface area contributed by atoms with Crippen molar-refractivity contribution in [3.8, 4) is 0 Å². The zero-order valence-electron chi connectivity index (χ0n) is 13.6. The zero-order valence-corrected chi connectivity index (χ0v) is 13.6. The van der Waals surface area contributed by atoms with Crippen molar-refractivity contribution in [3.63, 3.8) is 0 Å². The van der Waals surface area contributed by atoms with Crippen molar-refractivity contribution in [3.05, 3.63) is 28.2 Å².